The van der Waals surface area contributed by atoms with Crippen molar-refractivity contribution in [3.05, 3.63) is 70.5 Å². The summed E-state index contributed by atoms with van der Waals surface area (Å²) < 4.78 is 66.2. The van der Waals surface area contributed by atoms with Crippen molar-refractivity contribution in [2.24, 2.45) is 0 Å². The Morgan fingerprint density at radius 1 is 0.900 bits per heavy atom. The van der Waals surface area contributed by atoms with E-state index in [0.717, 1.165) is 12.1 Å². The topological polar surface area (TPSA) is 73.5 Å². The highest BCUT2D eigenvalue weighted by molar-refractivity contribution is 7.89. The molecule has 0 saturated carbocycles. The first-order valence-electron chi connectivity index (χ1n) is 9.20. The van der Waals surface area contributed by atoms with Gasteiger partial charge in [-0.15, -0.1) is 0 Å². The van der Waals surface area contributed by atoms with Gasteiger partial charge >= 0.3 is 6.18 Å². The van der Waals surface area contributed by atoms with Crippen molar-refractivity contribution in [2.75, 3.05) is 31.1 Å². The number of aromatic nitrogens is 1. The number of pyridine rings is 1. The van der Waals surface area contributed by atoms with Crippen LogP contribution in [0.25, 0.3) is 10.9 Å². The van der Waals surface area contributed by atoms with Crippen LogP contribution in [0.1, 0.15) is 5.56 Å². The van der Waals surface area contributed by atoms with Gasteiger partial charge in [-0.3, -0.25) is 4.79 Å². The van der Waals surface area contributed by atoms with E-state index >= 15 is 0 Å². The van der Waals surface area contributed by atoms with Crippen LogP contribution in [0.3, 0.4) is 0 Å². The first kappa shape index (κ1) is 20.4. The Balaban J connectivity index is 1.52. The first-order chi connectivity index (χ1) is 14.1. The number of nitrogens with one attached hydrogen (secondary N) is 1. The number of benzene rings is 2. The van der Waals surface area contributed by atoms with Gasteiger partial charge in [-0.25, -0.2) is 8.42 Å². The lowest BCUT2D eigenvalue weighted by Crippen LogP contribution is -2.48. The molecule has 3 aromatic rings. The number of fused-ring (bicyclic) bond motifs is 1. The zero-order valence-corrected chi connectivity index (χ0v) is 16.5. The molecule has 1 saturated heterocycles. The first-order valence-corrected chi connectivity index (χ1v) is 10.6. The maximum absolute atomic E-state index is 13.0. The van der Waals surface area contributed by atoms with E-state index < -0.39 is 21.8 Å². The van der Waals surface area contributed by atoms with Crippen molar-refractivity contribution < 1.29 is 21.6 Å². The number of piperazine rings is 1. The van der Waals surface area contributed by atoms with Gasteiger partial charge in [0.25, 0.3) is 0 Å². The van der Waals surface area contributed by atoms with Crippen LogP contribution in [-0.2, 0) is 16.2 Å². The molecule has 2 heterocycles. The van der Waals surface area contributed by atoms with Gasteiger partial charge in [0.1, 0.15) is 0 Å². The predicted octanol–water partition coefficient (Wildman–Crippen LogP) is 3.06. The van der Waals surface area contributed by atoms with Crippen LogP contribution in [0.15, 0.2) is 64.3 Å². The monoisotopic (exact) mass is 437 g/mol. The van der Waals surface area contributed by atoms with Gasteiger partial charge in [-0.2, -0.15) is 17.5 Å². The van der Waals surface area contributed by atoms with E-state index in [-0.39, 0.29) is 36.6 Å². The Morgan fingerprint density at radius 3 is 2.33 bits per heavy atom. The van der Waals surface area contributed by atoms with E-state index in [1.165, 1.54) is 28.6 Å². The highest BCUT2D eigenvalue weighted by atomic mass is 32.2. The Morgan fingerprint density at radius 2 is 1.63 bits per heavy atom. The van der Waals surface area contributed by atoms with Gasteiger partial charge in [0.05, 0.1) is 10.5 Å². The van der Waals surface area contributed by atoms with Crippen LogP contribution in [-0.4, -0.2) is 43.9 Å². The molecule has 0 aliphatic carbocycles. The largest absolute Gasteiger partial charge is 0.416 e. The van der Waals surface area contributed by atoms with Crippen LogP contribution in [0, 0.1) is 0 Å². The molecule has 1 aromatic heterocycles. The molecule has 4 rings (SSSR count). The van der Waals surface area contributed by atoms with Gasteiger partial charge in [-0.05, 0) is 47.9 Å². The summed E-state index contributed by atoms with van der Waals surface area (Å²) in [5.41, 5.74) is -0.0552. The van der Waals surface area contributed by atoms with Crippen molar-refractivity contribution in [3.63, 3.8) is 0 Å². The number of sulfonamides is 1. The maximum atomic E-state index is 13.0. The van der Waals surface area contributed by atoms with Crippen LogP contribution < -0.4 is 10.5 Å². The van der Waals surface area contributed by atoms with Gasteiger partial charge in [0.15, 0.2) is 0 Å². The molecule has 0 amide bonds. The van der Waals surface area contributed by atoms with Crippen molar-refractivity contribution in [2.45, 2.75) is 11.1 Å². The van der Waals surface area contributed by atoms with E-state index in [9.17, 15) is 26.4 Å². The smallest absolute Gasteiger partial charge is 0.369 e. The average molecular weight is 437 g/mol. The zero-order valence-electron chi connectivity index (χ0n) is 15.7. The third-order valence-electron chi connectivity index (χ3n) is 5.11. The van der Waals surface area contributed by atoms with Crippen LogP contribution in [0.5, 0.6) is 0 Å². The van der Waals surface area contributed by atoms with E-state index in [4.69, 9.17) is 0 Å². The summed E-state index contributed by atoms with van der Waals surface area (Å²) >= 11 is 0. The van der Waals surface area contributed by atoms with Crippen molar-refractivity contribution in [1.29, 1.82) is 0 Å². The fourth-order valence-corrected chi connectivity index (χ4v) is 4.97. The van der Waals surface area contributed by atoms with Crippen LogP contribution >= 0.6 is 0 Å². The number of halogens is 3. The normalized spacial score (nSPS) is 16.2. The Bertz CT molecular complexity index is 1250. The number of hydrogen-bond donors (Lipinski definition) is 1. The number of nitrogens with zero attached hydrogens (tertiary/aromatic N) is 2. The quantitative estimate of drug-likeness (QED) is 0.684. The third kappa shape index (κ3) is 3.92. The molecule has 0 bridgehead atoms. The molecule has 30 heavy (non-hydrogen) atoms. The number of alkyl halides is 3. The molecule has 1 fully saturated rings. The molecule has 0 radical (unpaired) electrons. The number of aromatic amines is 1. The zero-order chi connectivity index (χ0) is 21.5. The standard InChI is InChI=1S/C20H18F3N3O3S/c21-20(22,23)15-2-1-3-16(13-15)25-8-10-26(11-9-25)30(28,29)17-5-6-18-14(12-17)4-7-19(27)24-18/h1-7,12-13H,8-11H2,(H,24,27). The molecule has 6 nitrogen and oxygen atoms in total. The summed E-state index contributed by atoms with van der Waals surface area (Å²) in [5.74, 6) is 0. The number of hydrogen-bond acceptors (Lipinski definition) is 4. The molecule has 158 valence electrons. The molecule has 0 atom stereocenters. The van der Waals surface area contributed by atoms with Gasteiger partial charge in [-0.1, -0.05) is 6.07 Å². The van der Waals surface area contributed by atoms with Crippen molar-refractivity contribution >= 4 is 26.6 Å². The lowest BCUT2D eigenvalue weighted by molar-refractivity contribution is -0.137. The highest BCUT2D eigenvalue weighted by Gasteiger charge is 2.32. The molecule has 1 N–H and O–H groups in total. The summed E-state index contributed by atoms with van der Waals surface area (Å²) in [4.78, 5) is 15.9. The molecule has 1 aliphatic heterocycles. The van der Waals surface area contributed by atoms with Crippen molar-refractivity contribution in [1.82, 2.24) is 9.29 Å². The molecule has 0 spiro atoms. The minimum Gasteiger partial charge on any atom is -0.369 e. The molecule has 10 heteroatoms. The minimum absolute atomic E-state index is 0.106. The molecule has 0 unspecified atom stereocenters. The second kappa shape index (κ2) is 7.44. The molecular formula is C20H18F3N3O3S. The Hall–Kier alpha value is -2.85. The fraction of sp³-hybridized carbons (Fsp3) is 0.250. The fourth-order valence-electron chi connectivity index (χ4n) is 3.51. The van der Waals surface area contributed by atoms with E-state index in [2.05, 4.69) is 4.98 Å². The van der Waals surface area contributed by atoms with Crippen LogP contribution in [0.4, 0.5) is 18.9 Å². The van der Waals surface area contributed by atoms with Crippen LogP contribution in [0.2, 0.25) is 0 Å². The molecular weight excluding hydrogens is 419 g/mol. The summed E-state index contributed by atoms with van der Waals surface area (Å²) in [7, 11) is -3.77. The summed E-state index contributed by atoms with van der Waals surface area (Å²) in [6.45, 7) is 0.868. The van der Waals surface area contributed by atoms with Gasteiger partial charge in [0, 0.05) is 43.4 Å². The second-order valence-electron chi connectivity index (χ2n) is 7.01. The van der Waals surface area contributed by atoms with E-state index in [1.807, 2.05) is 0 Å². The van der Waals surface area contributed by atoms with Gasteiger partial charge < -0.3 is 9.88 Å². The summed E-state index contributed by atoms with van der Waals surface area (Å²) in [6, 6.07) is 12.4. The number of H-pyrrole nitrogens is 1. The second-order valence-corrected chi connectivity index (χ2v) is 8.95. The molecule has 2 aromatic carbocycles. The van der Waals surface area contributed by atoms with Gasteiger partial charge in [0.2, 0.25) is 15.6 Å². The predicted molar refractivity (Wildman–Crippen MR) is 107 cm³/mol. The number of rotatable bonds is 3. The van der Waals surface area contributed by atoms with Crippen molar-refractivity contribution in [3.8, 4) is 0 Å². The third-order valence-corrected chi connectivity index (χ3v) is 7.00. The summed E-state index contributed by atoms with van der Waals surface area (Å²) in [6.07, 6.45) is -4.43. The molecule has 1 aliphatic rings. The average Bonchev–Trinajstić information content (AvgIpc) is 2.73. The lowest BCUT2D eigenvalue weighted by Gasteiger charge is -2.35. The SMILES string of the molecule is O=c1ccc2cc(S(=O)(=O)N3CCN(c4cccc(C(F)(F)F)c4)CC3)ccc2[nH]1. The Kier molecular flexibility index (Phi) is 5.07. The Labute approximate surface area is 170 Å². The minimum atomic E-state index is -4.43. The van der Waals surface area contributed by atoms with E-state index in [1.54, 1.807) is 23.1 Å². The summed E-state index contributed by atoms with van der Waals surface area (Å²) in [5, 5.41) is 0.596. The van der Waals surface area contributed by atoms with E-state index in [0.29, 0.717) is 16.6 Å². The number of anilines is 1. The lowest BCUT2D eigenvalue weighted by atomic mass is 10.1. The maximum Gasteiger partial charge on any atom is 0.416 e. The highest BCUT2D eigenvalue weighted by Crippen LogP contribution is 2.32.